The highest BCUT2D eigenvalue weighted by Crippen LogP contribution is 2.24. The number of benzene rings is 1. The van der Waals surface area contributed by atoms with Crippen LogP contribution in [0.5, 0.6) is 0 Å². The van der Waals surface area contributed by atoms with E-state index in [0.717, 1.165) is 19.5 Å². The smallest absolute Gasteiger partial charge is 0.0679 e. The molecule has 1 fully saturated rings. The molecule has 0 spiro atoms. The molecule has 2 nitrogen and oxygen atoms in total. The summed E-state index contributed by atoms with van der Waals surface area (Å²) in [4.78, 5) is 2.33. The summed E-state index contributed by atoms with van der Waals surface area (Å²) in [6.45, 7) is 4.03. The molecule has 0 aromatic heterocycles. The van der Waals surface area contributed by atoms with Crippen LogP contribution in [0.4, 0.5) is 0 Å². The van der Waals surface area contributed by atoms with E-state index in [4.69, 9.17) is 0 Å². The Bertz CT molecular complexity index is 286. The van der Waals surface area contributed by atoms with Crippen LogP contribution in [0.25, 0.3) is 0 Å². The number of likely N-dealkylation sites (tertiary alicyclic amines) is 1. The second-order valence-corrected chi connectivity index (χ2v) is 4.02. The van der Waals surface area contributed by atoms with Crippen LogP contribution < -0.4 is 0 Å². The lowest BCUT2D eigenvalue weighted by Crippen LogP contribution is -2.25. The maximum atomic E-state index is 9.45. The monoisotopic (exact) mass is 191 g/mol. The first-order valence-electron chi connectivity index (χ1n) is 5.24. The van der Waals surface area contributed by atoms with Gasteiger partial charge in [0, 0.05) is 19.1 Å². The third-order valence-corrected chi connectivity index (χ3v) is 3.02. The fraction of sp³-hybridized carbons (Fsp3) is 0.500. The lowest BCUT2D eigenvalue weighted by molar-refractivity contribution is 0.163. The van der Waals surface area contributed by atoms with Crippen molar-refractivity contribution in [3.05, 3.63) is 35.9 Å². The van der Waals surface area contributed by atoms with Crippen molar-refractivity contribution >= 4 is 0 Å². The van der Waals surface area contributed by atoms with Gasteiger partial charge in [0.1, 0.15) is 0 Å². The van der Waals surface area contributed by atoms with Crippen LogP contribution in [0, 0.1) is 0 Å². The van der Waals surface area contributed by atoms with E-state index in [0.29, 0.717) is 6.04 Å². The average molecular weight is 191 g/mol. The Morgan fingerprint density at radius 1 is 1.36 bits per heavy atom. The van der Waals surface area contributed by atoms with Crippen molar-refractivity contribution in [3.8, 4) is 0 Å². The Morgan fingerprint density at radius 2 is 2.07 bits per heavy atom. The zero-order chi connectivity index (χ0) is 9.97. The summed E-state index contributed by atoms with van der Waals surface area (Å²) >= 11 is 0. The highest BCUT2D eigenvalue weighted by atomic mass is 16.3. The maximum absolute atomic E-state index is 9.45. The van der Waals surface area contributed by atoms with Crippen LogP contribution in [-0.2, 0) is 0 Å². The van der Waals surface area contributed by atoms with Crippen molar-refractivity contribution in [3.63, 3.8) is 0 Å². The van der Waals surface area contributed by atoms with Gasteiger partial charge in [0.15, 0.2) is 0 Å². The van der Waals surface area contributed by atoms with Gasteiger partial charge in [-0.1, -0.05) is 30.3 Å². The second-order valence-electron chi connectivity index (χ2n) is 4.02. The van der Waals surface area contributed by atoms with Crippen LogP contribution in [0.15, 0.2) is 30.3 Å². The number of hydrogen-bond acceptors (Lipinski definition) is 2. The summed E-state index contributed by atoms with van der Waals surface area (Å²) in [7, 11) is 0. The van der Waals surface area contributed by atoms with Gasteiger partial charge in [-0.15, -0.1) is 0 Å². The molecule has 14 heavy (non-hydrogen) atoms. The molecule has 0 amide bonds. The largest absolute Gasteiger partial charge is 0.392 e. The molecule has 0 bridgehead atoms. The third kappa shape index (κ3) is 1.97. The Labute approximate surface area is 85.2 Å². The van der Waals surface area contributed by atoms with Crippen molar-refractivity contribution in [2.75, 3.05) is 13.1 Å². The fourth-order valence-electron chi connectivity index (χ4n) is 2.06. The number of hydrogen-bond donors (Lipinski definition) is 1. The van der Waals surface area contributed by atoms with Gasteiger partial charge in [-0.05, 0) is 18.9 Å². The summed E-state index contributed by atoms with van der Waals surface area (Å²) in [5.74, 6) is 0. The van der Waals surface area contributed by atoms with E-state index in [2.05, 4.69) is 36.1 Å². The normalized spacial score (nSPS) is 25.1. The minimum absolute atomic E-state index is 0.124. The molecule has 76 valence electrons. The van der Waals surface area contributed by atoms with Gasteiger partial charge in [0.05, 0.1) is 6.10 Å². The summed E-state index contributed by atoms with van der Waals surface area (Å²) < 4.78 is 0. The first kappa shape index (κ1) is 9.69. The molecule has 1 N–H and O–H groups in total. The molecule has 2 heteroatoms. The molecule has 1 aromatic carbocycles. The number of β-amino-alcohol motifs (C(OH)–C–C–N with tert-alkyl or cyclic N) is 1. The van der Waals surface area contributed by atoms with Gasteiger partial charge in [0.25, 0.3) is 0 Å². The molecule has 1 aromatic rings. The van der Waals surface area contributed by atoms with Crippen molar-refractivity contribution in [1.82, 2.24) is 4.90 Å². The second kappa shape index (κ2) is 4.11. The molecular formula is C12H17NO. The number of nitrogens with zero attached hydrogens (tertiary/aromatic N) is 1. The number of aliphatic hydroxyl groups excluding tert-OH is 1. The van der Waals surface area contributed by atoms with E-state index in [-0.39, 0.29) is 6.10 Å². The third-order valence-electron chi connectivity index (χ3n) is 3.02. The summed E-state index contributed by atoms with van der Waals surface area (Å²) in [6, 6.07) is 10.9. The van der Waals surface area contributed by atoms with E-state index in [9.17, 15) is 5.11 Å². The number of aliphatic hydroxyl groups is 1. The Kier molecular flexibility index (Phi) is 2.85. The first-order valence-corrected chi connectivity index (χ1v) is 5.24. The van der Waals surface area contributed by atoms with E-state index in [1.807, 2.05) is 6.07 Å². The molecule has 1 heterocycles. The van der Waals surface area contributed by atoms with Crippen LogP contribution in [0.3, 0.4) is 0 Å². The summed E-state index contributed by atoms with van der Waals surface area (Å²) in [5.41, 5.74) is 1.33. The summed E-state index contributed by atoms with van der Waals surface area (Å²) in [6.07, 6.45) is 0.790. The minimum atomic E-state index is -0.124. The molecule has 0 radical (unpaired) electrons. The lowest BCUT2D eigenvalue weighted by atomic mass is 10.1. The lowest BCUT2D eigenvalue weighted by Gasteiger charge is -2.24. The van der Waals surface area contributed by atoms with Gasteiger partial charge < -0.3 is 5.11 Å². The van der Waals surface area contributed by atoms with E-state index in [1.165, 1.54) is 5.56 Å². The van der Waals surface area contributed by atoms with Crippen molar-refractivity contribution in [1.29, 1.82) is 0 Å². The molecule has 0 aliphatic carbocycles. The first-order chi connectivity index (χ1) is 6.77. The molecule has 2 rings (SSSR count). The van der Waals surface area contributed by atoms with Crippen molar-refractivity contribution in [2.45, 2.75) is 25.5 Å². The quantitative estimate of drug-likeness (QED) is 0.770. The van der Waals surface area contributed by atoms with Crippen LogP contribution in [0.1, 0.15) is 24.9 Å². The van der Waals surface area contributed by atoms with Gasteiger partial charge >= 0.3 is 0 Å². The highest BCUT2D eigenvalue weighted by Gasteiger charge is 2.24. The van der Waals surface area contributed by atoms with E-state index < -0.39 is 0 Å². The van der Waals surface area contributed by atoms with E-state index >= 15 is 0 Å². The molecule has 1 aliphatic heterocycles. The topological polar surface area (TPSA) is 23.5 Å². The molecule has 1 aliphatic rings. The van der Waals surface area contributed by atoms with Gasteiger partial charge in [-0.3, -0.25) is 4.90 Å². The van der Waals surface area contributed by atoms with Crippen molar-refractivity contribution in [2.24, 2.45) is 0 Å². The van der Waals surface area contributed by atoms with E-state index in [1.54, 1.807) is 0 Å². The standard InChI is InChI=1S/C12H17NO/c1-10(11-5-3-2-4-6-11)13-8-7-12(14)9-13/h2-6,10,12,14H,7-9H2,1H3/t10-,12-/m0/s1. The Hall–Kier alpha value is -0.860. The maximum Gasteiger partial charge on any atom is 0.0679 e. The Morgan fingerprint density at radius 3 is 2.64 bits per heavy atom. The zero-order valence-electron chi connectivity index (χ0n) is 8.56. The molecule has 0 unspecified atom stereocenters. The van der Waals surface area contributed by atoms with Crippen LogP contribution >= 0.6 is 0 Å². The number of rotatable bonds is 2. The molecule has 0 saturated carbocycles. The molecule has 2 atom stereocenters. The molecular weight excluding hydrogens is 174 g/mol. The predicted octanol–water partition coefficient (Wildman–Crippen LogP) is 1.81. The SMILES string of the molecule is C[C@@H](c1ccccc1)N1CC[C@H](O)C1. The van der Waals surface area contributed by atoms with Crippen LogP contribution in [-0.4, -0.2) is 29.2 Å². The highest BCUT2D eigenvalue weighted by molar-refractivity contribution is 5.18. The fourth-order valence-corrected chi connectivity index (χ4v) is 2.06. The predicted molar refractivity (Wildman–Crippen MR) is 57.1 cm³/mol. The van der Waals surface area contributed by atoms with Gasteiger partial charge in [-0.25, -0.2) is 0 Å². The summed E-state index contributed by atoms with van der Waals surface area (Å²) in [5, 5.41) is 9.45. The zero-order valence-corrected chi connectivity index (χ0v) is 8.56. The van der Waals surface area contributed by atoms with Crippen molar-refractivity contribution < 1.29 is 5.11 Å². The average Bonchev–Trinajstić information content (AvgIpc) is 2.65. The minimum Gasteiger partial charge on any atom is -0.392 e. The van der Waals surface area contributed by atoms with Gasteiger partial charge in [-0.2, -0.15) is 0 Å². The molecule has 1 saturated heterocycles. The van der Waals surface area contributed by atoms with Crippen LogP contribution in [0.2, 0.25) is 0 Å². The Balaban J connectivity index is 2.05. The van der Waals surface area contributed by atoms with Gasteiger partial charge in [0.2, 0.25) is 0 Å².